The first-order valence-corrected chi connectivity index (χ1v) is 12.7. The summed E-state index contributed by atoms with van der Waals surface area (Å²) < 4.78 is 65.7. The van der Waals surface area contributed by atoms with Crippen molar-refractivity contribution in [3.63, 3.8) is 0 Å². The molecule has 2 aromatic heterocycles. The lowest BCUT2D eigenvalue weighted by atomic mass is 10.0. The Bertz CT molecular complexity index is 1640. The fourth-order valence-electron chi connectivity index (χ4n) is 4.53. The molecular weight excluding hydrogens is 534 g/mol. The minimum atomic E-state index is -4.38. The van der Waals surface area contributed by atoms with Gasteiger partial charge in [0, 0.05) is 23.8 Å². The fraction of sp³-hybridized carbons (Fsp3) is 0.333. The van der Waals surface area contributed by atoms with E-state index in [0.29, 0.717) is 16.6 Å². The Morgan fingerprint density at radius 3 is 2.62 bits per heavy atom. The maximum Gasteiger partial charge on any atom is 0.396 e. The Hall–Kier alpha value is -3.91. The molecule has 2 aliphatic carbocycles. The molecule has 0 saturated heterocycles. The summed E-state index contributed by atoms with van der Waals surface area (Å²) in [6.07, 6.45) is 0.469. The van der Waals surface area contributed by atoms with Gasteiger partial charge < -0.3 is 10.6 Å². The second kappa shape index (κ2) is 9.38. The van der Waals surface area contributed by atoms with Crippen LogP contribution >= 0.6 is 11.6 Å². The van der Waals surface area contributed by atoms with E-state index in [1.165, 1.54) is 36.5 Å². The lowest BCUT2D eigenvalue weighted by Crippen LogP contribution is -2.31. The van der Waals surface area contributed by atoms with E-state index in [1.54, 1.807) is 16.9 Å². The van der Waals surface area contributed by atoms with Gasteiger partial charge in [0.15, 0.2) is 0 Å². The third-order valence-electron chi connectivity index (χ3n) is 7.19. The predicted molar refractivity (Wildman–Crippen MR) is 138 cm³/mol. The van der Waals surface area contributed by atoms with Gasteiger partial charge in [0.05, 0.1) is 46.8 Å². The van der Waals surface area contributed by atoms with Crippen LogP contribution in [0, 0.1) is 22.6 Å². The Morgan fingerprint density at radius 1 is 1.23 bits per heavy atom. The fourth-order valence-corrected chi connectivity index (χ4v) is 4.80. The molecule has 12 heteroatoms. The Kier molecular flexibility index (Phi) is 5.81. The van der Waals surface area contributed by atoms with Crippen LogP contribution in [-0.4, -0.2) is 32.7 Å². The van der Waals surface area contributed by atoms with Crippen molar-refractivity contribution in [1.29, 1.82) is 5.26 Å². The van der Waals surface area contributed by atoms with Gasteiger partial charge in [0.1, 0.15) is 17.6 Å². The highest BCUT2D eigenvalue weighted by molar-refractivity contribution is 6.35. The maximum atomic E-state index is 13.8. The first-order valence-electron chi connectivity index (χ1n) is 12.8. The van der Waals surface area contributed by atoms with Gasteiger partial charge >= 0.3 is 6.18 Å². The van der Waals surface area contributed by atoms with Gasteiger partial charge in [-0.25, -0.2) is 9.07 Å². The lowest BCUT2D eigenvalue weighted by molar-refractivity contribution is -0.182. The normalized spacial score (nSPS) is 18.2. The van der Waals surface area contributed by atoms with Crippen LogP contribution in [0.2, 0.25) is 5.02 Å². The van der Waals surface area contributed by atoms with Gasteiger partial charge in [-0.15, -0.1) is 5.10 Å². The monoisotopic (exact) mass is 556 g/mol. The van der Waals surface area contributed by atoms with Crippen LogP contribution in [0.1, 0.15) is 55.9 Å². The summed E-state index contributed by atoms with van der Waals surface area (Å²) in [7, 11) is 0. The number of nitrogens with one attached hydrogen (secondary N) is 2. The average Bonchev–Trinajstić information content (AvgIpc) is 3.85. The van der Waals surface area contributed by atoms with Crippen LogP contribution < -0.4 is 10.6 Å². The second-order valence-electron chi connectivity index (χ2n) is 9.97. The number of rotatable bonds is 8. The van der Waals surface area contributed by atoms with Crippen LogP contribution in [0.4, 0.5) is 28.9 Å². The SMILES string of the molecule is [2H]C(Nc1cc(Cl)c2ncc(C#N)c(NCC3(C(F)(F)F)CC3)c2c1)(c1ccc(F)cc1)c1cn(C2CC2)nn1. The second-order valence-corrected chi connectivity index (χ2v) is 10.4. The number of hydrogen-bond acceptors (Lipinski definition) is 6. The third-order valence-corrected chi connectivity index (χ3v) is 7.48. The number of fused-ring (bicyclic) bond motifs is 1. The molecule has 7 nitrogen and oxygen atoms in total. The van der Waals surface area contributed by atoms with E-state index >= 15 is 0 Å². The molecule has 0 spiro atoms. The van der Waals surface area contributed by atoms with Crippen LogP contribution in [0.25, 0.3) is 10.9 Å². The van der Waals surface area contributed by atoms with Crippen molar-refractivity contribution in [2.24, 2.45) is 5.41 Å². The summed E-state index contributed by atoms with van der Waals surface area (Å²) in [5.74, 6) is -0.473. The molecule has 2 saturated carbocycles. The summed E-state index contributed by atoms with van der Waals surface area (Å²) in [6, 6.07) is 8.95. The first kappa shape index (κ1) is 24.2. The smallest absolute Gasteiger partial charge is 0.382 e. The standard InChI is InChI=1S/C27H22ClF4N7/c28-21-10-18(36-24(15-1-3-17(29)4-2-15)22-13-39(38-37-22)19-5-6-19)9-20-23(16(11-33)12-34-25(20)21)35-14-26(7-8-26)27(30,31)32/h1-4,9-10,12-13,19,24,36H,5-8,14H2,(H,34,35)/i24D. The number of halogens is 5. The molecule has 4 aromatic rings. The van der Waals surface area contributed by atoms with Gasteiger partial charge in [0.2, 0.25) is 0 Å². The molecule has 6 rings (SSSR count). The molecule has 2 heterocycles. The van der Waals surface area contributed by atoms with Gasteiger partial charge in [-0.2, -0.15) is 18.4 Å². The van der Waals surface area contributed by atoms with E-state index in [-0.39, 0.29) is 46.4 Å². The molecule has 1 atom stereocenters. The van der Waals surface area contributed by atoms with E-state index in [2.05, 4.69) is 25.9 Å². The molecule has 200 valence electrons. The highest BCUT2D eigenvalue weighted by Gasteiger charge is 2.62. The molecule has 0 amide bonds. The first-order chi connectivity index (χ1) is 19.0. The zero-order valence-electron chi connectivity index (χ0n) is 21.4. The number of aromatic nitrogens is 4. The summed E-state index contributed by atoms with van der Waals surface area (Å²) in [5, 5.41) is 24.5. The molecule has 0 aliphatic heterocycles. The molecular formula is C27H22ClF4N7. The summed E-state index contributed by atoms with van der Waals surface area (Å²) in [4.78, 5) is 4.26. The zero-order valence-corrected chi connectivity index (χ0v) is 21.1. The topological polar surface area (TPSA) is 91.5 Å². The number of benzene rings is 2. The van der Waals surface area contributed by atoms with Gasteiger partial charge in [-0.05, 0) is 55.5 Å². The van der Waals surface area contributed by atoms with Crippen molar-refractivity contribution in [3.8, 4) is 6.07 Å². The predicted octanol–water partition coefficient (Wildman–Crippen LogP) is 6.78. The van der Waals surface area contributed by atoms with E-state index in [1.807, 2.05) is 6.07 Å². The van der Waals surface area contributed by atoms with Gasteiger partial charge in [-0.1, -0.05) is 28.9 Å². The molecule has 0 radical (unpaired) electrons. The highest BCUT2D eigenvalue weighted by atomic mass is 35.5. The van der Waals surface area contributed by atoms with Crippen molar-refractivity contribution in [2.45, 2.75) is 43.9 Å². The quantitative estimate of drug-likeness (QED) is 0.232. The number of anilines is 2. The highest BCUT2D eigenvalue weighted by Crippen LogP contribution is 2.57. The molecule has 2 fully saturated rings. The average molecular weight is 557 g/mol. The molecule has 2 aliphatic rings. The number of alkyl halides is 3. The summed E-state index contributed by atoms with van der Waals surface area (Å²) >= 11 is 6.56. The van der Waals surface area contributed by atoms with E-state index in [4.69, 9.17) is 11.6 Å². The lowest BCUT2D eigenvalue weighted by Gasteiger charge is -2.22. The van der Waals surface area contributed by atoms with Gasteiger partial charge in [-0.3, -0.25) is 4.98 Å². The van der Waals surface area contributed by atoms with E-state index in [0.717, 1.165) is 12.8 Å². The number of hydrogen-bond donors (Lipinski definition) is 2. The largest absolute Gasteiger partial charge is 0.396 e. The number of nitrogens with zero attached hydrogens (tertiary/aromatic N) is 5. The zero-order chi connectivity index (χ0) is 28.3. The van der Waals surface area contributed by atoms with Crippen molar-refractivity contribution in [1.82, 2.24) is 20.0 Å². The van der Waals surface area contributed by atoms with Crippen LogP contribution in [0.3, 0.4) is 0 Å². The van der Waals surface area contributed by atoms with Crippen molar-refractivity contribution in [3.05, 3.63) is 76.5 Å². The Labute approximate surface area is 227 Å². The van der Waals surface area contributed by atoms with Crippen molar-refractivity contribution in [2.75, 3.05) is 17.2 Å². The van der Waals surface area contributed by atoms with Crippen LogP contribution in [0.5, 0.6) is 0 Å². The van der Waals surface area contributed by atoms with Crippen molar-refractivity contribution >= 4 is 33.9 Å². The van der Waals surface area contributed by atoms with E-state index in [9.17, 15) is 24.2 Å². The van der Waals surface area contributed by atoms with Crippen LogP contribution in [-0.2, 0) is 0 Å². The van der Waals surface area contributed by atoms with Gasteiger partial charge in [0.25, 0.3) is 0 Å². The molecule has 2 aromatic carbocycles. The molecule has 2 N–H and O–H groups in total. The Balaban J connectivity index is 1.42. The summed E-state index contributed by atoms with van der Waals surface area (Å²) in [5.41, 5.74) is -0.396. The third kappa shape index (κ3) is 4.85. The molecule has 1 unspecified atom stereocenters. The minimum Gasteiger partial charge on any atom is -0.382 e. The number of nitriles is 1. The van der Waals surface area contributed by atoms with Crippen LogP contribution in [0.15, 0.2) is 48.8 Å². The van der Waals surface area contributed by atoms with Crippen molar-refractivity contribution < 1.29 is 18.9 Å². The van der Waals surface area contributed by atoms with E-state index < -0.39 is 30.0 Å². The number of pyridine rings is 1. The Morgan fingerprint density at radius 2 is 1.97 bits per heavy atom. The molecule has 39 heavy (non-hydrogen) atoms. The minimum absolute atomic E-state index is 0.00252. The molecule has 0 bridgehead atoms. The maximum absolute atomic E-state index is 13.8. The summed E-state index contributed by atoms with van der Waals surface area (Å²) in [6.45, 7) is -0.401.